The van der Waals surface area contributed by atoms with Crippen molar-refractivity contribution in [2.24, 2.45) is 0 Å². The first-order valence-corrected chi connectivity index (χ1v) is 7.58. The van der Waals surface area contributed by atoms with Crippen LogP contribution >= 0.6 is 11.6 Å². The molecule has 106 valence electrons. The first-order valence-electron chi connectivity index (χ1n) is 7.05. The van der Waals surface area contributed by atoms with Gasteiger partial charge in [-0.3, -0.25) is 4.79 Å². The number of hydrogen-bond acceptors (Lipinski definition) is 1. The van der Waals surface area contributed by atoms with Gasteiger partial charge in [-0.15, -0.1) is 11.6 Å². The van der Waals surface area contributed by atoms with Crippen molar-refractivity contribution in [3.8, 4) is 0 Å². The molecule has 19 heavy (non-hydrogen) atoms. The Hall–Kier alpha value is -1.02. The van der Waals surface area contributed by atoms with Crippen LogP contribution in [0.3, 0.4) is 0 Å². The van der Waals surface area contributed by atoms with E-state index in [1.807, 2.05) is 37.3 Å². The van der Waals surface area contributed by atoms with Crippen LogP contribution in [-0.2, 0) is 10.3 Å². The molecule has 1 aromatic carbocycles. The number of benzene rings is 1. The Balaban J connectivity index is 2.54. The molecule has 3 heteroatoms. The number of hydrogen-bond donors (Lipinski definition) is 1. The van der Waals surface area contributed by atoms with Crippen molar-refractivity contribution in [3.63, 3.8) is 0 Å². The normalized spacial score (nSPS) is 13.8. The molecular weight excluding hydrogens is 258 g/mol. The van der Waals surface area contributed by atoms with E-state index in [2.05, 4.69) is 12.2 Å². The highest BCUT2D eigenvalue weighted by molar-refractivity contribution is 6.18. The molecule has 1 amide bonds. The zero-order chi connectivity index (χ0) is 14.1. The number of nitrogens with one attached hydrogen (secondary N) is 1. The third kappa shape index (κ3) is 5.23. The Labute approximate surface area is 121 Å². The first kappa shape index (κ1) is 16.0. The fraction of sp³-hybridized carbons (Fsp3) is 0.562. The lowest BCUT2D eigenvalue weighted by atomic mass is 9.94. The number of halogens is 1. The van der Waals surface area contributed by atoms with E-state index in [9.17, 15) is 4.79 Å². The van der Waals surface area contributed by atoms with Gasteiger partial charge < -0.3 is 5.32 Å². The molecule has 0 aliphatic heterocycles. The summed E-state index contributed by atoms with van der Waals surface area (Å²) >= 11 is 6.06. The lowest BCUT2D eigenvalue weighted by Crippen LogP contribution is -2.44. The maximum atomic E-state index is 12.0. The Morgan fingerprint density at radius 2 is 1.89 bits per heavy atom. The Morgan fingerprint density at radius 1 is 1.21 bits per heavy atom. The summed E-state index contributed by atoms with van der Waals surface area (Å²) in [6.07, 6.45) is 5.03. The van der Waals surface area contributed by atoms with Crippen LogP contribution in [0.5, 0.6) is 0 Å². The largest absolute Gasteiger partial charge is 0.346 e. The van der Waals surface area contributed by atoms with Crippen molar-refractivity contribution in [1.82, 2.24) is 5.32 Å². The van der Waals surface area contributed by atoms with Gasteiger partial charge in [0, 0.05) is 12.3 Å². The van der Waals surface area contributed by atoms with Gasteiger partial charge in [0.2, 0.25) is 5.91 Å². The molecule has 1 N–H and O–H groups in total. The van der Waals surface area contributed by atoms with Crippen molar-refractivity contribution in [2.75, 3.05) is 5.88 Å². The summed E-state index contributed by atoms with van der Waals surface area (Å²) in [5, 5.41) is 3.07. The van der Waals surface area contributed by atoms with E-state index in [1.54, 1.807) is 0 Å². The SMILES string of the molecule is CCCCCCC(=O)NC(C)(CCl)c1ccccc1. The van der Waals surface area contributed by atoms with Gasteiger partial charge in [-0.1, -0.05) is 56.5 Å². The van der Waals surface area contributed by atoms with Crippen LogP contribution in [0, 0.1) is 0 Å². The number of carbonyl (C=O) groups excluding carboxylic acids is 1. The van der Waals surface area contributed by atoms with Crippen LogP contribution in [0.25, 0.3) is 0 Å². The molecule has 1 aromatic rings. The molecule has 0 aliphatic rings. The number of alkyl halides is 1. The van der Waals surface area contributed by atoms with E-state index in [0.29, 0.717) is 12.3 Å². The van der Waals surface area contributed by atoms with Crippen molar-refractivity contribution in [2.45, 2.75) is 51.5 Å². The van der Waals surface area contributed by atoms with E-state index in [0.717, 1.165) is 18.4 Å². The summed E-state index contributed by atoms with van der Waals surface area (Å²) in [5.74, 6) is 0.459. The van der Waals surface area contributed by atoms with E-state index < -0.39 is 5.54 Å². The highest BCUT2D eigenvalue weighted by atomic mass is 35.5. The number of unbranched alkanes of at least 4 members (excludes halogenated alkanes) is 3. The third-order valence-corrected chi connectivity index (χ3v) is 3.89. The minimum absolute atomic E-state index is 0.0862. The second-order valence-electron chi connectivity index (χ2n) is 5.19. The molecule has 0 fully saturated rings. The number of amides is 1. The summed E-state index contributed by atoms with van der Waals surface area (Å²) < 4.78 is 0. The lowest BCUT2D eigenvalue weighted by molar-refractivity contribution is -0.122. The van der Waals surface area contributed by atoms with Crippen LogP contribution in [0.4, 0.5) is 0 Å². The smallest absolute Gasteiger partial charge is 0.220 e. The minimum Gasteiger partial charge on any atom is -0.346 e. The number of rotatable bonds is 8. The predicted octanol–water partition coefficient (Wildman–Crippen LogP) is 4.23. The molecule has 0 spiro atoms. The van der Waals surface area contributed by atoms with Crippen molar-refractivity contribution in [3.05, 3.63) is 35.9 Å². The molecule has 1 rings (SSSR count). The van der Waals surface area contributed by atoms with Crippen molar-refractivity contribution in [1.29, 1.82) is 0 Å². The molecule has 2 nitrogen and oxygen atoms in total. The molecule has 0 radical (unpaired) electrons. The summed E-state index contributed by atoms with van der Waals surface area (Å²) in [6, 6.07) is 9.89. The first-order chi connectivity index (χ1) is 9.12. The van der Waals surface area contributed by atoms with Crippen LogP contribution in [0.1, 0.15) is 51.5 Å². The summed E-state index contributed by atoms with van der Waals surface area (Å²) in [5.41, 5.74) is 0.567. The molecule has 1 atom stereocenters. The van der Waals surface area contributed by atoms with E-state index in [1.165, 1.54) is 12.8 Å². The monoisotopic (exact) mass is 281 g/mol. The molecule has 0 aromatic heterocycles. The molecule has 0 heterocycles. The zero-order valence-electron chi connectivity index (χ0n) is 11.9. The lowest BCUT2D eigenvalue weighted by Gasteiger charge is -2.29. The fourth-order valence-electron chi connectivity index (χ4n) is 2.07. The molecule has 0 bridgehead atoms. The van der Waals surface area contributed by atoms with Gasteiger partial charge in [0.1, 0.15) is 0 Å². The maximum Gasteiger partial charge on any atom is 0.220 e. The van der Waals surface area contributed by atoms with Crippen LogP contribution in [0.2, 0.25) is 0 Å². The third-order valence-electron chi connectivity index (χ3n) is 3.35. The Bertz CT molecular complexity index is 380. The van der Waals surface area contributed by atoms with Gasteiger partial charge in [0.05, 0.1) is 5.54 Å². The predicted molar refractivity (Wildman–Crippen MR) is 81.4 cm³/mol. The quantitative estimate of drug-likeness (QED) is 0.561. The minimum atomic E-state index is -0.481. The maximum absolute atomic E-state index is 12.0. The van der Waals surface area contributed by atoms with Crippen molar-refractivity contribution >= 4 is 17.5 Å². The van der Waals surface area contributed by atoms with Crippen LogP contribution in [-0.4, -0.2) is 11.8 Å². The van der Waals surface area contributed by atoms with E-state index in [-0.39, 0.29) is 5.91 Å². The summed E-state index contributed by atoms with van der Waals surface area (Å²) in [4.78, 5) is 12.0. The van der Waals surface area contributed by atoms with Crippen LogP contribution in [0.15, 0.2) is 30.3 Å². The van der Waals surface area contributed by atoms with Gasteiger partial charge in [-0.2, -0.15) is 0 Å². The van der Waals surface area contributed by atoms with E-state index >= 15 is 0 Å². The van der Waals surface area contributed by atoms with Gasteiger partial charge in [0.25, 0.3) is 0 Å². The van der Waals surface area contributed by atoms with E-state index in [4.69, 9.17) is 11.6 Å². The second kappa shape index (κ2) is 8.21. The number of carbonyl (C=O) groups is 1. The average molecular weight is 282 g/mol. The molecule has 0 saturated heterocycles. The van der Waals surface area contributed by atoms with Gasteiger partial charge >= 0.3 is 0 Å². The van der Waals surface area contributed by atoms with Gasteiger partial charge in [-0.05, 0) is 18.9 Å². The molecular formula is C16H24ClNO. The standard InChI is InChI=1S/C16H24ClNO/c1-3-4-5-9-12-15(19)18-16(2,13-17)14-10-7-6-8-11-14/h6-8,10-11H,3-5,9,12-13H2,1-2H3,(H,18,19). The fourth-order valence-corrected chi connectivity index (χ4v) is 2.29. The Kier molecular flexibility index (Phi) is 6.93. The average Bonchev–Trinajstić information content (AvgIpc) is 2.44. The van der Waals surface area contributed by atoms with Crippen LogP contribution < -0.4 is 5.32 Å². The molecule has 0 saturated carbocycles. The summed E-state index contributed by atoms with van der Waals surface area (Å²) in [7, 11) is 0. The highest BCUT2D eigenvalue weighted by Gasteiger charge is 2.27. The topological polar surface area (TPSA) is 29.1 Å². The zero-order valence-corrected chi connectivity index (χ0v) is 12.7. The second-order valence-corrected chi connectivity index (χ2v) is 5.46. The Morgan fingerprint density at radius 3 is 2.47 bits per heavy atom. The van der Waals surface area contributed by atoms with Crippen molar-refractivity contribution < 1.29 is 4.79 Å². The summed E-state index contributed by atoms with van der Waals surface area (Å²) in [6.45, 7) is 4.14. The highest BCUT2D eigenvalue weighted by Crippen LogP contribution is 2.22. The molecule has 0 aliphatic carbocycles. The molecule has 1 unspecified atom stereocenters. The van der Waals surface area contributed by atoms with Gasteiger partial charge in [-0.25, -0.2) is 0 Å². The van der Waals surface area contributed by atoms with Gasteiger partial charge in [0.15, 0.2) is 0 Å².